The van der Waals surface area contributed by atoms with Crippen molar-refractivity contribution in [3.8, 4) is 0 Å². The summed E-state index contributed by atoms with van der Waals surface area (Å²) in [5.41, 5.74) is 2.43. The average Bonchev–Trinajstić information content (AvgIpc) is 3.09. The first kappa shape index (κ1) is 17.0. The minimum atomic E-state index is -0.888. The van der Waals surface area contributed by atoms with Crippen molar-refractivity contribution in [3.05, 3.63) is 59.4 Å². The number of amides is 1. The number of H-pyrrole nitrogens is 1. The van der Waals surface area contributed by atoms with E-state index in [0.29, 0.717) is 22.7 Å². The maximum atomic E-state index is 12.3. The quantitative estimate of drug-likeness (QED) is 0.680. The number of benzene rings is 2. The zero-order valence-electron chi connectivity index (χ0n) is 13.5. The van der Waals surface area contributed by atoms with E-state index in [-0.39, 0.29) is 5.91 Å². The zero-order valence-corrected chi connectivity index (χ0v) is 14.2. The third-order valence-electron chi connectivity index (χ3n) is 3.68. The molecular weight excluding hydrogens is 342 g/mol. The number of nitrogens with one attached hydrogen (secondary N) is 2. The number of hydrogen-bond acceptors (Lipinski definition) is 4. The molecular formula is C18H16ClN3O3. The van der Waals surface area contributed by atoms with E-state index in [1.54, 1.807) is 55.7 Å². The molecule has 1 atom stereocenters. The van der Waals surface area contributed by atoms with Crippen molar-refractivity contribution in [3.63, 3.8) is 0 Å². The van der Waals surface area contributed by atoms with Gasteiger partial charge in [-0.2, -0.15) is 0 Å². The number of esters is 1. The molecule has 0 aliphatic carbocycles. The first-order chi connectivity index (χ1) is 12.1. The molecule has 0 aliphatic rings. The number of ether oxygens (including phenoxy) is 1. The van der Waals surface area contributed by atoms with E-state index in [1.165, 1.54) is 0 Å². The van der Waals surface area contributed by atoms with Crippen molar-refractivity contribution >= 4 is 40.2 Å². The Morgan fingerprint density at radius 2 is 2.00 bits per heavy atom. The predicted molar refractivity (Wildman–Crippen MR) is 95.7 cm³/mol. The molecule has 6 nitrogen and oxygen atoms in total. The van der Waals surface area contributed by atoms with Gasteiger partial charge in [-0.1, -0.05) is 18.5 Å². The largest absolute Gasteiger partial charge is 0.449 e. The molecule has 1 amide bonds. The van der Waals surface area contributed by atoms with Gasteiger partial charge in [-0.15, -0.1) is 0 Å². The van der Waals surface area contributed by atoms with E-state index in [0.717, 1.165) is 11.0 Å². The van der Waals surface area contributed by atoms with Crippen molar-refractivity contribution in [1.29, 1.82) is 0 Å². The Morgan fingerprint density at radius 3 is 2.72 bits per heavy atom. The van der Waals surface area contributed by atoms with Crippen LogP contribution in [0.5, 0.6) is 0 Å². The van der Waals surface area contributed by atoms with Crippen LogP contribution in [0.15, 0.2) is 48.8 Å². The Labute approximate surface area is 149 Å². The summed E-state index contributed by atoms with van der Waals surface area (Å²) < 4.78 is 5.36. The van der Waals surface area contributed by atoms with Crippen molar-refractivity contribution < 1.29 is 14.3 Å². The first-order valence-corrected chi connectivity index (χ1v) is 8.15. The molecule has 1 aromatic heterocycles. The predicted octanol–water partition coefficient (Wildman–Crippen LogP) is 3.79. The van der Waals surface area contributed by atoms with Gasteiger partial charge in [-0.3, -0.25) is 4.79 Å². The van der Waals surface area contributed by atoms with Gasteiger partial charge in [0.25, 0.3) is 5.91 Å². The molecule has 1 heterocycles. The molecule has 0 radical (unpaired) electrons. The van der Waals surface area contributed by atoms with Crippen molar-refractivity contribution in [2.45, 2.75) is 19.4 Å². The van der Waals surface area contributed by atoms with Gasteiger partial charge >= 0.3 is 5.97 Å². The molecule has 0 bridgehead atoms. The number of aromatic nitrogens is 2. The number of carbonyl (C=O) groups excluding carboxylic acids is 2. The van der Waals surface area contributed by atoms with E-state index in [9.17, 15) is 9.59 Å². The highest BCUT2D eigenvalue weighted by Crippen LogP contribution is 2.16. The molecule has 0 spiro atoms. The van der Waals surface area contributed by atoms with Gasteiger partial charge in [0.15, 0.2) is 6.10 Å². The number of hydrogen-bond donors (Lipinski definition) is 2. The number of fused-ring (bicyclic) bond motifs is 1. The van der Waals surface area contributed by atoms with E-state index < -0.39 is 12.1 Å². The summed E-state index contributed by atoms with van der Waals surface area (Å²) in [4.78, 5) is 31.7. The topological polar surface area (TPSA) is 84.1 Å². The van der Waals surface area contributed by atoms with Gasteiger partial charge in [-0.05, 0) is 48.9 Å². The molecule has 0 fully saturated rings. The third-order valence-corrected chi connectivity index (χ3v) is 3.93. The molecule has 3 rings (SSSR count). The number of anilines is 1. The third kappa shape index (κ3) is 3.97. The highest BCUT2D eigenvalue weighted by atomic mass is 35.5. The maximum Gasteiger partial charge on any atom is 0.338 e. The Bertz CT molecular complexity index is 905. The fourth-order valence-electron chi connectivity index (χ4n) is 2.34. The number of rotatable bonds is 5. The molecule has 1 unspecified atom stereocenters. The average molecular weight is 358 g/mol. The lowest BCUT2D eigenvalue weighted by Crippen LogP contribution is -2.32. The minimum absolute atomic E-state index is 0.356. The van der Waals surface area contributed by atoms with Crippen LogP contribution < -0.4 is 5.32 Å². The summed E-state index contributed by atoms with van der Waals surface area (Å²) >= 11 is 5.82. The molecule has 2 N–H and O–H groups in total. The van der Waals surface area contributed by atoms with Crippen molar-refractivity contribution in [2.75, 3.05) is 5.32 Å². The lowest BCUT2D eigenvalue weighted by molar-refractivity contribution is -0.124. The SMILES string of the molecule is CCC(OC(=O)c1ccc2nc[nH]c2c1)C(=O)Nc1ccc(Cl)cc1. The van der Waals surface area contributed by atoms with Gasteiger partial charge < -0.3 is 15.0 Å². The summed E-state index contributed by atoms with van der Waals surface area (Å²) in [5, 5.41) is 3.29. The van der Waals surface area contributed by atoms with Crippen LogP contribution in [-0.4, -0.2) is 27.9 Å². The second-order valence-electron chi connectivity index (χ2n) is 5.43. The van der Waals surface area contributed by atoms with Crippen LogP contribution in [0.4, 0.5) is 5.69 Å². The van der Waals surface area contributed by atoms with Crippen LogP contribution in [0.2, 0.25) is 5.02 Å². The highest BCUT2D eigenvalue weighted by Gasteiger charge is 2.22. The van der Waals surface area contributed by atoms with Crippen LogP contribution in [0, 0.1) is 0 Å². The van der Waals surface area contributed by atoms with Crippen molar-refractivity contribution in [1.82, 2.24) is 9.97 Å². The van der Waals surface area contributed by atoms with Gasteiger partial charge in [-0.25, -0.2) is 9.78 Å². The smallest absolute Gasteiger partial charge is 0.338 e. The summed E-state index contributed by atoms with van der Waals surface area (Å²) in [6, 6.07) is 11.7. The Morgan fingerprint density at radius 1 is 1.24 bits per heavy atom. The van der Waals surface area contributed by atoms with Gasteiger partial charge in [0, 0.05) is 10.7 Å². The summed E-state index contributed by atoms with van der Waals surface area (Å²) in [6.45, 7) is 1.78. The Hall–Kier alpha value is -2.86. The highest BCUT2D eigenvalue weighted by molar-refractivity contribution is 6.30. The number of aromatic amines is 1. The number of imidazole rings is 1. The molecule has 2 aromatic carbocycles. The fraction of sp³-hybridized carbons (Fsp3) is 0.167. The molecule has 7 heteroatoms. The first-order valence-electron chi connectivity index (χ1n) is 7.77. The lowest BCUT2D eigenvalue weighted by atomic mass is 10.2. The molecule has 128 valence electrons. The minimum Gasteiger partial charge on any atom is -0.449 e. The Balaban J connectivity index is 1.68. The van der Waals surface area contributed by atoms with Gasteiger partial charge in [0.2, 0.25) is 0 Å². The van der Waals surface area contributed by atoms with Crippen LogP contribution in [0.25, 0.3) is 11.0 Å². The van der Waals surface area contributed by atoms with Gasteiger partial charge in [0.1, 0.15) is 0 Å². The van der Waals surface area contributed by atoms with E-state index in [4.69, 9.17) is 16.3 Å². The fourth-order valence-corrected chi connectivity index (χ4v) is 2.46. The molecule has 0 aliphatic heterocycles. The molecule has 25 heavy (non-hydrogen) atoms. The van der Waals surface area contributed by atoms with Gasteiger partial charge in [0.05, 0.1) is 22.9 Å². The second kappa shape index (κ2) is 7.36. The molecule has 3 aromatic rings. The van der Waals surface area contributed by atoms with Crippen LogP contribution in [0.1, 0.15) is 23.7 Å². The normalized spacial score (nSPS) is 11.9. The maximum absolute atomic E-state index is 12.3. The lowest BCUT2D eigenvalue weighted by Gasteiger charge is -2.16. The van der Waals surface area contributed by atoms with E-state index in [1.807, 2.05) is 0 Å². The standard InChI is InChI=1S/C18H16ClN3O3/c1-2-16(17(23)22-13-6-4-12(19)5-7-13)25-18(24)11-3-8-14-15(9-11)21-10-20-14/h3-10,16H,2H2,1H3,(H,20,21)(H,22,23). The second-order valence-corrected chi connectivity index (χ2v) is 5.87. The van der Waals surface area contributed by atoms with E-state index >= 15 is 0 Å². The van der Waals surface area contributed by atoms with Crippen molar-refractivity contribution in [2.24, 2.45) is 0 Å². The summed E-state index contributed by atoms with van der Waals surface area (Å²) in [5.74, 6) is -0.949. The monoisotopic (exact) mass is 357 g/mol. The van der Waals surface area contributed by atoms with Crippen LogP contribution >= 0.6 is 11.6 Å². The summed E-state index contributed by atoms with van der Waals surface area (Å²) in [7, 11) is 0. The number of halogens is 1. The van der Waals surface area contributed by atoms with Crippen LogP contribution in [0.3, 0.4) is 0 Å². The summed E-state index contributed by atoms with van der Waals surface area (Å²) in [6.07, 6.45) is 1.02. The molecule has 0 saturated heterocycles. The molecule has 0 saturated carbocycles. The zero-order chi connectivity index (χ0) is 17.8. The van der Waals surface area contributed by atoms with E-state index in [2.05, 4.69) is 15.3 Å². The number of nitrogens with zero attached hydrogens (tertiary/aromatic N) is 1. The van der Waals surface area contributed by atoms with Crippen LogP contribution in [-0.2, 0) is 9.53 Å². The Kier molecular flexibility index (Phi) is 5.00. The number of carbonyl (C=O) groups is 2.